The number of unbranched alkanes of at least 4 members (excludes halogenated alkanes) is 18. The third kappa shape index (κ3) is 65.5. The number of hydrogen-bond donors (Lipinski definition) is 0. The van der Waals surface area contributed by atoms with E-state index in [9.17, 15) is 14.4 Å². The lowest BCUT2D eigenvalue weighted by molar-refractivity contribution is -0.167. The van der Waals surface area contributed by atoms with Gasteiger partial charge in [-0.1, -0.05) is 268 Å². The predicted molar refractivity (Wildman–Crippen MR) is 352 cm³/mol. The SMILES string of the molecule is CC/C=C\C/C=C\C/C=C\C/C=C\C/C=C\C/C=C\C/C=C\C/C=C\C/C=C\C/C=C\CCCCCCC(=O)OCC(COC(=O)CCCCCCC/C=C\C/C=C\CCCC)OC(=O)CCCCCCC/C=C\C/C=C\CCCC. The molecular formula is C75H118O6. The highest BCUT2D eigenvalue weighted by atomic mass is 16.6. The van der Waals surface area contributed by atoms with E-state index < -0.39 is 6.10 Å². The van der Waals surface area contributed by atoms with E-state index in [2.05, 4.69) is 191 Å². The highest BCUT2D eigenvalue weighted by Crippen LogP contribution is 2.13. The normalized spacial score (nSPS) is 13.3. The fraction of sp³-hybridized carbons (Fsp3) is 0.587. The van der Waals surface area contributed by atoms with Crippen molar-refractivity contribution in [3.05, 3.63) is 170 Å². The molecule has 81 heavy (non-hydrogen) atoms. The van der Waals surface area contributed by atoms with Gasteiger partial charge in [-0.2, -0.15) is 0 Å². The van der Waals surface area contributed by atoms with Gasteiger partial charge in [0.15, 0.2) is 6.10 Å². The highest BCUT2D eigenvalue weighted by molar-refractivity contribution is 5.71. The Kier molecular flexibility index (Phi) is 62.9. The van der Waals surface area contributed by atoms with Crippen LogP contribution in [0.5, 0.6) is 0 Å². The molecule has 0 heterocycles. The number of rotatable bonds is 57. The smallest absolute Gasteiger partial charge is 0.306 e. The molecule has 0 N–H and O–H groups in total. The molecule has 0 aliphatic rings. The molecule has 6 heteroatoms. The molecule has 0 amide bonds. The average molecular weight is 1120 g/mol. The van der Waals surface area contributed by atoms with E-state index in [4.69, 9.17) is 14.2 Å². The van der Waals surface area contributed by atoms with Gasteiger partial charge in [0.2, 0.25) is 0 Å². The van der Waals surface area contributed by atoms with Crippen LogP contribution in [-0.2, 0) is 28.6 Å². The molecule has 454 valence electrons. The Bertz CT molecular complexity index is 1860. The maximum atomic E-state index is 12.9. The molecule has 0 radical (unpaired) electrons. The van der Waals surface area contributed by atoms with Gasteiger partial charge in [0.25, 0.3) is 0 Å². The number of carbonyl (C=O) groups is 3. The largest absolute Gasteiger partial charge is 0.462 e. The van der Waals surface area contributed by atoms with Crippen molar-refractivity contribution >= 4 is 17.9 Å². The zero-order chi connectivity index (χ0) is 58.5. The van der Waals surface area contributed by atoms with Gasteiger partial charge in [0, 0.05) is 19.3 Å². The van der Waals surface area contributed by atoms with Gasteiger partial charge in [-0.3, -0.25) is 14.4 Å². The first kappa shape index (κ1) is 75.8. The van der Waals surface area contributed by atoms with Crippen LogP contribution in [0.4, 0.5) is 0 Å². The molecule has 0 fully saturated rings. The number of allylic oxidation sites excluding steroid dienone is 28. The minimum absolute atomic E-state index is 0.106. The maximum Gasteiger partial charge on any atom is 0.306 e. The molecular weight excluding hydrogens is 997 g/mol. The summed E-state index contributed by atoms with van der Waals surface area (Å²) in [4.78, 5) is 38.2. The lowest BCUT2D eigenvalue weighted by atomic mass is 10.1. The lowest BCUT2D eigenvalue weighted by Crippen LogP contribution is -2.30. The highest BCUT2D eigenvalue weighted by Gasteiger charge is 2.19. The Morgan fingerprint density at radius 1 is 0.259 bits per heavy atom. The Balaban J connectivity index is 4.35. The van der Waals surface area contributed by atoms with Crippen molar-refractivity contribution in [2.75, 3.05) is 13.2 Å². The Hall–Kier alpha value is -5.23. The summed E-state index contributed by atoms with van der Waals surface area (Å²) < 4.78 is 16.8. The van der Waals surface area contributed by atoms with E-state index in [0.717, 1.165) is 186 Å². The molecule has 0 aromatic carbocycles. The van der Waals surface area contributed by atoms with E-state index >= 15 is 0 Å². The number of carbonyl (C=O) groups excluding carboxylic acids is 3. The van der Waals surface area contributed by atoms with E-state index in [0.29, 0.717) is 19.3 Å². The van der Waals surface area contributed by atoms with Crippen LogP contribution in [0.3, 0.4) is 0 Å². The summed E-state index contributed by atoms with van der Waals surface area (Å²) in [7, 11) is 0. The zero-order valence-electron chi connectivity index (χ0n) is 52.0. The van der Waals surface area contributed by atoms with Gasteiger partial charge >= 0.3 is 17.9 Å². The standard InChI is InChI=1S/C75H118O6/c1-4-7-10-13-16-19-22-25-28-29-30-31-32-33-34-35-36-37-38-39-40-41-42-43-44-45-46-47-48-51-53-56-59-62-65-68-74(77)80-71-72(81-75(78)69-66-63-60-57-54-50-27-24-21-18-15-12-9-6-3)70-79-73(76)67-64-61-58-55-52-49-26-23-20-17-14-11-8-5-2/h7,10,14-19,23-28,30-31,33-34,36-37,39-40,42-43,45-46,48,51,72H,4-6,8-9,11-13,20-22,29,32,35,38,41,44,47,49-50,52-71H2,1-3H3/b10-7-,17-14-,18-15-,19-16-,26-23-,27-24-,28-25-,31-30-,34-33-,37-36-,40-39-,43-42-,46-45-,51-48-. The zero-order valence-corrected chi connectivity index (χ0v) is 52.0. The van der Waals surface area contributed by atoms with Crippen LogP contribution < -0.4 is 0 Å². The van der Waals surface area contributed by atoms with Gasteiger partial charge in [-0.15, -0.1) is 0 Å². The number of esters is 3. The first-order valence-electron chi connectivity index (χ1n) is 32.6. The van der Waals surface area contributed by atoms with Gasteiger partial charge in [0.05, 0.1) is 0 Å². The molecule has 0 bridgehead atoms. The minimum atomic E-state index is -0.810. The monoisotopic (exact) mass is 1110 g/mol. The predicted octanol–water partition coefficient (Wildman–Crippen LogP) is 22.7. The molecule has 1 unspecified atom stereocenters. The molecule has 1 atom stereocenters. The van der Waals surface area contributed by atoms with Gasteiger partial charge in [-0.05, 0) is 148 Å². The first-order chi connectivity index (χ1) is 40.0. The molecule has 0 aliphatic carbocycles. The summed E-state index contributed by atoms with van der Waals surface area (Å²) in [5.74, 6) is -0.964. The maximum absolute atomic E-state index is 12.9. The molecule has 0 saturated carbocycles. The molecule has 0 aromatic rings. The topological polar surface area (TPSA) is 78.9 Å². The van der Waals surface area contributed by atoms with Crippen molar-refractivity contribution < 1.29 is 28.6 Å². The van der Waals surface area contributed by atoms with E-state index in [1.165, 1.54) is 38.5 Å². The number of hydrogen-bond acceptors (Lipinski definition) is 6. The van der Waals surface area contributed by atoms with Crippen molar-refractivity contribution in [2.45, 2.75) is 271 Å². The van der Waals surface area contributed by atoms with Crippen molar-refractivity contribution in [3.63, 3.8) is 0 Å². The van der Waals surface area contributed by atoms with Crippen LogP contribution in [0.15, 0.2) is 170 Å². The molecule has 0 aromatic heterocycles. The average Bonchev–Trinajstić information content (AvgIpc) is 3.47. The summed E-state index contributed by atoms with van der Waals surface area (Å²) in [6.45, 7) is 6.39. The fourth-order valence-corrected chi connectivity index (χ4v) is 8.27. The first-order valence-corrected chi connectivity index (χ1v) is 32.6. The molecule has 0 spiro atoms. The Morgan fingerprint density at radius 2 is 0.481 bits per heavy atom. The Labute approximate surface area is 498 Å². The quantitative estimate of drug-likeness (QED) is 0.0261. The van der Waals surface area contributed by atoms with Crippen LogP contribution in [0.1, 0.15) is 265 Å². The van der Waals surface area contributed by atoms with Crippen LogP contribution >= 0.6 is 0 Å². The minimum Gasteiger partial charge on any atom is -0.462 e. The van der Waals surface area contributed by atoms with Gasteiger partial charge in [-0.25, -0.2) is 0 Å². The van der Waals surface area contributed by atoms with E-state index in [1.54, 1.807) is 0 Å². The van der Waals surface area contributed by atoms with Crippen LogP contribution in [0.2, 0.25) is 0 Å². The summed E-state index contributed by atoms with van der Waals surface area (Å²) >= 11 is 0. The van der Waals surface area contributed by atoms with Crippen molar-refractivity contribution in [1.82, 2.24) is 0 Å². The van der Waals surface area contributed by atoms with Crippen molar-refractivity contribution in [1.29, 1.82) is 0 Å². The fourth-order valence-electron chi connectivity index (χ4n) is 8.27. The second-order valence-corrected chi connectivity index (χ2v) is 20.9. The molecule has 0 aliphatic heterocycles. The summed E-state index contributed by atoms with van der Waals surface area (Å²) in [5.41, 5.74) is 0. The molecule has 0 saturated heterocycles. The van der Waals surface area contributed by atoms with Crippen LogP contribution in [0.25, 0.3) is 0 Å². The van der Waals surface area contributed by atoms with Crippen LogP contribution in [-0.4, -0.2) is 37.2 Å². The summed E-state index contributed by atoms with van der Waals surface area (Å²) in [6, 6.07) is 0. The van der Waals surface area contributed by atoms with Crippen LogP contribution in [0, 0.1) is 0 Å². The summed E-state index contributed by atoms with van der Waals surface area (Å²) in [6.07, 6.45) is 99.3. The van der Waals surface area contributed by atoms with Gasteiger partial charge < -0.3 is 14.2 Å². The van der Waals surface area contributed by atoms with Gasteiger partial charge in [0.1, 0.15) is 13.2 Å². The lowest BCUT2D eigenvalue weighted by Gasteiger charge is -2.18. The molecule has 6 nitrogen and oxygen atoms in total. The molecule has 0 rings (SSSR count). The Morgan fingerprint density at radius 3 is 0.753 bits per heavy atom. The van der Waals surface area contributed by atoms with E-state index in [1.807, 2.05) is 0 Å². The second-order valence-electron chi connectivity index (χ2n) is 20.9. The second kappa shape index (κ2) is 67.3. The third-order valence-electron chi connectivity index (χ3n) is 13.2. The van der Waals surface area contributed by atoms with E-state index in [-0.39, 0.29) is 31.1 Å². The van der Waals surface area contributed by atoms with Crippen molar-refractivity contribution in [2.24, 2.45) is 0 Å². The van der Waals surface area contributed by atoms with Crippen molar-refractivity contribution in [3.8, 4) is 0 Å². The summed E-state index contributed by atoms with van der Waals surface area (Å²) in [5, 5.41) is 0. The third-order valence-corrected chi connectivity index (χ3v) is 13.2. The number of ether oxygens (including phenoxy) is 3.